The van der Waals surface area contributed by atoms with Crippen molar-refractivity contribution >= 4 is 26.8 Å². The molecule has 0 radical (unpaired) electrons. The van der Waals surface area contributed by atoms with Crippen molar-refractivity contribution < 1.29 is 5.11 Å². The van der Waals surface area contributed by atoms with E-state index in [0.29, 0.717) is 0 Å². The maximum Gasteiger partial charge on any atom is 0.0758 e. The molecule has 1 fully saturated rings. The summed E-state index contributed by atoms with van der Waals surface area (Å²) in [6, 6.07) is 8.25. The van der Waals surface area contributed by atoms with Gasteiger partial charge in [0, 0.05) is 29.1 Å². The molecule has 3 rings (SSSR count). The molecular formula is C15H17BrN2O. The molecule has 1 aliphatic heterocycles. The molecule has 1 unspecified atom stereocenters. The van der Waals surface area contributed by atoms with Crippen molar-refractivity contribution in [2.45, 2.75) is 25.5 Å². The van der Waals surface area contributed by atoms with Gasteiger partial charge < -0.3 is 5.11 Å². The molecule has 2 aromatic rings. The lowest BCUT2D eigenvalue weighted by Crippen LogP contribution is -2.37. The number of fused-ring (bicyclic) bond motifs is 1. The van der Waals surface area contributed by atoms with Crippen molar-refractivity contribution in [1.82, 2.24) is 9.88 Å². The highest BCUT2D eigenvalue weighted by Crippen LogP contribution is 2.26. The monoisotopic (exact) mass is 320 g/mol. The van der Waals surface area contributed by atoms with Gasteiger partial charge in [-0.1, -0.05) is 28.1 Å². The molecule has 1 N–H and O–H groups in total. The summed E-state index contributed by atoms with van der Waals surface area (Å²) in [5, 5.41) is 10.9. The average Bonchev–Trinajstić information content (AvgIpc) is 2.42. The van der Waals surface area contributed by atoms with Crippen LogP contribution in [0.15, 0.2) is 34.9 Å². The first-order valence-corrected chi connectivity index (χ1v) is 7.46. The van der Waals surface area contributed by atoms with Crippen LogP contribution in [0, 0.1) is 0 Å². The van der Waals surface area contributed by atoms with Gasteiger partial charge in [0.2, 0.25) is 0 Å². The van der Waals surface area contributed by atoms with Crippen LogP contribution in [0.3, 0.4) is 0 Å². The van der Waals surface area contributed by atoms with Crippen molar-refractivity contribution in [1.29, 1.82) is 0 Å². The lowest BCUT2D eigenvalue weighted by molar-refractivity contribution is 0.0670. The molecule has 2 heterocycles. The largest absolute Gasteiger partial charge is 0.392 e. The zero-order chi connectivity index (χ0) is 13.2. The highest BCUT2D eigenvalue weighted by atomic mass is 79.9. The lowest BCUT2D eigenvalue weighted by atomic mass is 10.1. The lowest BCUT2D eigenvalue weighted by Gasteiger charge is -2.30. The van der Waals surface area contributed by atoms with Crippen LogP contribution in [0.25, 0.3) is 10.9 Å². The number of halogens is 1. The summed E-state index contributed by atoms with van der Waals surface area (Å²) in [7, 11) is 0. The summed E-state index contributed by atoms with van der Waals surface area (Å²) in [5.74, 6) is 0. The standard InChI is InChI=1S/C15H17BrN2O/c16-14-6-5-11(15-13(14)4-1-7-17-15)9-18-8-2-3-12(19)10-18/h1,4-7,12,19H,2-3,8-10H2. The van der Waals surface area contributed by atoms with E-state index in [4.69, 9.17) is 0 Å². The van der Waals surface area contributed by atoms with Gasteiger partial charge in [-0.05, 0) is 37.1 Å². The number of nitrogens with zero attached hydrogens (tertiary/aromatic N) is 2. The van der Waals surface area contributed by atoms with Gasteiger partial charge in [0.1, 0.15) is 0 Å². The van der Waals surface area contributed by atoms with Gasteiger partial charge in [-0.15, -0.1) is 0 Å². The van der Waals surface area contributed by atoms with E-state index in [0.717, 1.165) is 47.9 Å². The van der Waals surface area contributed by atoms with Crippen LogP contribution in [-0.4, -0.2) is 34.2 Å². The molecule has 3 nitrogen and oxygen atoms in total. The number of hydrogen-bond donors (Lipinski definition) is 1. The molecule has 19 heavy (non-hydrogen) atoms. The molecule has 1 aromatic carbocycles. The van der Waals surface area contributed by atoms with Crippen LogP contribution in [0.5, 0.6) is 0 Å². The summed E-state index contributed by atoms with van der Waals surface area (Å²) < 4.78 is 1.08. The predicted octanol–water partition coefficient (Wildman–Crippen LogP) is 2.95. The van der Waals surface area contributed by atoms with Crippen LogP contribution in [0.1, 0.15) is 18.4 Å². The minimum absolute atomic E-state index is 0.177. The zero-order valence-electron chi connectivity index (χ0n) is 10.7. The smallest absolute Gasteiger partial charge is 0.0758 e. The number of aliphatic hydroxyl groups is 1. The van der Waals surface area contributed by atoms with Crippen LogP contribution in [0.4, 0.5) is 0 Å². The molecule has 1 atom stereocenters. The minimum atomic E-state index is -0.177. The Kier molecular flexibility index (Phi) is 3.82. The number of aliphatic hydroxyl groups excluding tert-OH is 1. The number of piperidine rings is 1. The van der Waals surface area contributed by atoms with Gasteiger partial charge in [0.05, 0.1) is 11.6 Å². The fraction of sp³-hybridized carbons (Fsp3) is 0.400. The van der Waals surface area contributed by atoms with E-state index in [9.17, 15) is 5.11 Å². The fourth-order valence-electron chi connectivity index (χ4n) is 2.74. The summed E-state index contributed by atoms with van der Waals surface area (Å²) >= 11 is 3.57. The number of β-amino-alcohol motifs (C(OH)–C–C–N with tert-alkyl or cyclic N) is 1. The first-order chi connectivity index (χ1) is 9.24. The molecule has 1 saturated heterocycles. The van der Waals surface area contributed by atoms with Crippen molar-refractivity contribution in [3.63, 3.8) is 0 Å². The molecule has 1 aromatic heterocycles. The first kappa shape index (κ1) is 13.0. The van der Waals surface area contributed by atoms with Crippen molar-refractivity contribution in [3.8, 4) is 0 Å². The highest BCUT2D eigenvalue weighted by molar-refractivity contribution is 9.10. The van der Waals surface area contributed by atoms with Gasteiger partial charge in [-0.2, -0.15) is 0 Å². The molecule has 0 spiro atoms. The molecule has 0 amide bonds. The summed E-state index contributed by atoms with van der Waals surface area (Å²) in [6.07, 6.45) is 3.66. The number of rotatable bonds is 2. The predicted molar refractivity (Wildman–Crippen MR) is 80.0 cm³/mol. The van der Waals surface area contributed by atoms with Gasteiger partial charge in [0.15, 0.2) is 0 Å². The summed E-state index contributed by atoms with van der Waals surface area (Å²) in [4.78, 5) is 6.82. The van der Waals surface area contributed by atoms with E-state index in [1.165, 1.54) is 5.56 Å². The molecule has 100 valence electrons. The summed E-state index contributed by atoms with van der Waals surface area (Å²) in [6.45, 7) is 2.68. The number of pyridine rings is 1. The molecule has 0 saturated carbocycles. The molecule has 1 aliphatic rings. The Bertz CT molecular complexity index is 587. The molecular weight excluding hydrogens is 304 g/mol. The third kappa shape index (κ3) is 2.81. The van der Waals surface area contributed by atoms with E-state index >= 15 is 0 Å². The third-order valence-corrected chi connectivity index (χ3v) is 4.37. The number of benzene rings is 1. The second-order valence-electron chi connectivity index (χ2n) is 5.14. The quantitative estimate of drug-likeness (QED) is 0.924. The Hall–Kier alpha value is -0.970. The number of likely N-dealkylation sites (tertiary alicyclic amines) is 1. The molecule has 0 aliphatic carbocycles. The van der Waals surface area contributed by atoms with Gasteiger partial charge in [-0.25, -0.2) is 0 Å². The SMILES string of the molecule is OC1CCCN(Cc2ccc(Br)c3cccnc23)C1. The van der Waals surface area contributed by atoms with E-state index in [2.05, 4.69) is 44.0 Å². The fourth-order valence-corrected chi connectivity index (χ4v) is 3.19. The van der Waals surface area contributed by atoms with E-state index in [-0.39, 0.29) is 6.10 Å². The second kappa shape index (κ2) is 5.57. The molecule has 0 bridgehead atoms. The van der Waals surface area contributed by atoms with Crippen molar-refractivity contribution in [2.24, 2.45) is 0 Å². The van der Waals surface area contributed by atoms with Gasteiger partial charge in [-0.3, -0.25) is 9.88 Å². The Morgan fingerprint density at radius 2 is 2.26 bits per heavy atom. The van der Waals surface area contributed by atoms with Crippen molar-refractivity contribution in [3.05, 3.63) is 40.5 Å². The van der Waals surface area contributed by atoms with Crippen LogP contribution >= 0.6 is 15.9 Å². The van der Waals surface area contributed by atoms with E-state index in [1.54, 1.807) is 0 Å². The topological polar surface area (TPSA) is 36.4 Å². The average molecular weight is 321 g/mol. The highest BCUT2D eigenvalue weighted by Gasteiger charge is 2.18. The zero-order valence-corrected chi connectivity index (χ0v) is 12.3. The summed E-state index contributed by atoms with van der Waals surface area (Å²) in [5.41, 5.74) is 2.28. The van der Waals surface area contributed by atoms with Crippen molar-refractivity contribution in [2.75, 3.05) is 13.1 Å². The normalized spacial score (nSPS) is 20.8. The number of aromatic nitrogens is 1. The van der Waals surface area contributed by atoms with Gasteiger partial charge >= 0.3 is 0 Å². The maximum atomic E-state index is 9.75. The minimum Gasteiger partial charge on any atom is -0.392 e. The van der Waals surface area contributed by atoms with E-state index < -0.39 is 0 Å². The third-order valence-electron chi connectivity index (χ3n) is 3.67. The van der Waals surface area contributed by atoms with Crippen LogP contribution in [0.2, 0.25) is 0 Å². The maximum absolute atomic E-state index is 9.75. The Morgan fingerprint density at radius 3 is 3.11 bits per heavy atom. The van der Waals surface area contributed by atoms with Crippen LogP contribution < -0.4 is 0 Å². The first-order valence-electron chi connectivity index (χ1n) is 6.66. The second-order valence-corrected chi connectivity index (χ2v) is 5.99. The Morgan fingerprint density at radius 1 is 1.37 bits per heavy atom. The number of hydrogen-bond acceptors (Lipinski definition) is 3. The molecule has 4 heteroatoms. The Labute approximate surface area is 121 Å². The van der Waals surface area contributed by atoms with Gasteiger partial charge in [0.25, 0.3) is 0 Å². The van der Waals surface area contributed by atoms with E-state index in [1.807, 2.05) is 12.3 Å². The Balaban J connectivity index is 1.90. The van der Waals surface area contributed by atoms with Crippen LogP contribution in [-0.2, 0) is 6.54 Å².